The Labute approximate surface area is 120 Å². The van der Waals surface area contributed by atoms with E-state index < -0.39 is 0 Å². The van der Waals surface area contributed by atoms with Gasteiger partial charge in [0.2, 0.25) is 0 Å². The Kier molecular flexibility index (Phi) is 4.43. The van der Waals surface area contributed by atoms with Crippen LogP contribution in [0.15, 0.2) is 24.3 Å². The molecule has 0 radical (unpaired) electrons. The Morgan fingerprint density at radius 3 is 2.60 bits per heavy atom. The van der Waals surface area contributed by atoms with Crippen molar-refractivity contribution in [2.45, 2.75) is 52.0 Å². The van der Waals surface area contributed by atoms with Crippen LogP contribution in [0.25, 0.3) is 0 Å². The molecule has 0 aromatic heterocycles. The van der Waals surface area contributed by atoms with Crippen LogP contribution in [0.1, 0.15) is 51.5 Å². The summed E-state index contributed by atoms with van der Waals surface area (Å²) in [7, 11) is 0. The number of nitro benzene ring substituents is 1. The Morgan fingerprint density at radius 1 is 1.35 bits per heavy atom. The lowest BCUT2D eigenvalue weighted by atomic mass is 9.52. The van der Waals surface area contributed by atoms with Gasteiger partial charge in [0.05, 0.1) is 4.92 Å². The van der Waals surface area contributed by atoms with Crippen LogP contribution >= 0.6 is 0 Å². The summed E-state index contributed by atoms with van der Waals surface area (Å²) in [6, 6.07) is 7.72. The van der Waals surface area contributed by atoms with Crippen molar-refractivity contribution in [1.29, 1.82) is 0 Å². The van der Waals surface area contributed by atoms with Crippen LogP contribution in [0.2, 0.25) is 0 Å². The van der Waals surface area contributed by atoms with Crippen LogP contribution in [0, 0.1) is 15.5 Å². The number of nitrogens with zero attached hydrogens (tertiary/aromatic N) is 1. The van der Waals surface area contributed by atoms with E-state index in [-0.39, 0.29) is 16.0 Å². The topological polar surface area (TPSA) is 55.2 Å². The summed E-state index contributed by atoms with van der Waals surface area (Å²) >= 11 is 0. The predicted molar refractivity (Wildman–Crippen MR) is 80.9 cm³/mol. The highest BCUT2D eigenvalue weighted by atomic mass is 16.6. The zero-order valence-corrected chi connectivity index (χ0v) is 12.6. The smallest absolute Gasteiger partial charge is 0.269 e. The summed E-state index contributed by atoms with van der Waals surface area (Å²) in [5.41, 5.74) is 1.57. The van der Waals surface area contributed by atoms with Gasteiger partial charge in [0.1, 0.15) is 0 Å². The van der Waals surface area contributed by atoms with Gasteiger partial charge in [-0.05, 0) is 42.7 Å². The van der Waals surface area contributed by atoms with E-state index in [2.05, 4.69) is 26.1 Å². The Bertz CT molecular complexity index is 483. The zero-order chi connectivity index (χ0) is 14.8. The van der Waals surface area contributed by atoms with Gasteiger partial charge >= 0.3 is 0 Å². The fraction of sp³-hybridized carbons (Fsp3) is 0.625. The number of benzene rings is 1. The standard InChI is InChI=1S/C16H24N2O2/c1-4-16(5-2)14(11-15(16)17-6-3)12-8-7-9-13(10-12)18(19)20/h7-10,14-15,17H,4-6,11H2,1-3H3. The van der Waals surface area contributed by atoms with Crippen molar-refractivity contribution in [3.8, 4) is 0 Å². The average Bonchev–Trinajstić information content (AvgIpc) is 2.44. The summed E-state index contributed by atoms with van der Waals surface area (Å²) in [6.07, 6.45) is 3.29. The maximum atomic E-state index is 10.9. The van der Waals surface area contributed by atoms with Gasteiger partial charge in [-0.1, -0.05) is 32.9 Å². The lowest BCUT2D eigenvalue weighted by Gasteiger charge is -2.56. The minimum Gasteiger partial charge on any atom is -0.314 e. The second kappa shape index (κ2) is 5.92. The highest BCUT2D eigenvalue weighted by Crippen LogP contribution is 2.57. The molecule has 0 heterocycles. The summed E-state index contributed by atoms with van der Waals surface area (Å²) in [5.74, 6) is 0.432. The van der Waals surface area contributed by atoms with E-state index in [0.29, 0.717) is 12.0 Å². The van der Waals surface area contributed by atoms with Gasteiger partial charge in [-0.15, -0.1) is 0 Å². The fourth-order valence-corrected chi connectivity index (χ4v) is 3.88. The van der Waals surface area contributed by atoms with E-state index in [1.807, 2.05) is 12.1 Å². The average molecular weight is 276 g/mol. The molecule has 0 amide bonds. The zero-order valence-electron chi connectivity index (χ0n) is 12.6. The number of rotatable bonds is 6. The van der Waals surface area contributed by atoms with Gasteiger partial charge < -0.3 is 5.32 Å². The molecule has 0 bridgehead atoms. The molecule has 1 N–H and O–H groups in total. The van der Waals surface area contributed by atoms with Crippen molar-refractivity contribution in [1.82, 2.24) is 5.32 Å². The fourth-order valence-electron chi connectivity index (χ4n) is 3.88. The van der Waals surface area contributed by atoms with Crippen molar-refractivity contribution >= 4 is 5.69 Å². The molecule has 0 aliphatic heterocycles. The number of nitro groups is 1. The van der Waals surface area contributed by atoms with E-state index in [0.717, 1.165) is 31.4 Å². The second-order valence-corrected chi connectivity index (χ2v) is 5.69. The molecule has 0 saturated heterocycles. The van der Waals surface area contributed by atoms with Gasteiger partial charge in [0, 0.05) is 18.2 Å². The third-order valence-electron chi connectivity index (χ3n) is 5.11. The summed E-state index contributed by atoms with van der Waals surface area (Å²) in [6.45, 7) is 7.58. The van der Waals surface area contributed by atoms with E-state index in [1.54, 1.807) is 12.1 Å². The lowest BCUT2D eigenvalue weighted by molar-refractivity contribution is -0.385. The molecule has 2 atom stereocenters. The van der Waals surface area contributed by atoms with E-state index in [9.17, 15) is 10.1 Å². The third-order valence-corrected chi connectivity index (χ3v) is 5.11. The van der Waals surface area contributed by atoms with Gasteiger partial charge in [-0.25, -0.2) is 0 Å². The molecular weight excluding hydrogens is 252 g/mol. The number of non-ortho nitro benzene ring substituents is 1. The number of hydrogen-bond donors (Lipinski definition) is 1. The van der Waals surface area contributed by atoms with Gasteiger partial charge in [-0.3, -0.25) is 10.1 Å². The monoisotopic (exact) mass is 276 g/mol. The molecule has 2 unspecified atom stereocenters. The van der Waals surface area contributed by atoms with Crippen molar-refractivity contribution in [2.24, 2.45) is 5.41 Å². The molecule has 1 aromatic carbocycles. The summed E-state index contributed by atoms with van der Waals surface area (Å²) in [4.78, 5) is 10.6. The normalized spacial score (nSPS) is 24.1. The van der Waals surface area contributed by atoms with Crippen molar-refractivity contribution in [3.63, 3.8) is 0 Å². The largest absolute Gasteiger partial charge is 0.314 e. The first-order chi connectivity index (χ1) is 9.58. The Hall–Kier alpha value is -1.42. The summed E-state index contributed by atoms with van der Waals surface area (Å²) in [5, 5.41) is 14.5. The molecule has 1 saturated carbocycles. The molecule has 1 aromatic rings. The molecular formula is C16H24N2O2. The van der Waals surface area contributed by atoms with Crippen LogP contribution < -0.4 is 5.32 Å². The molecule has 1 fully saturated rings. The lowest BCUT2D eigenvalue weighted by Crippen LogP contribution is -2.58. The second-order valence-electron chi connectivity index (χ2n) is 5.69. The molecule has 4 heteroatoms. The van der Waals surface area contributed by atoms with Crippen LogP contribution in [0.5, 0.6) is 0 Å². The van der Waals surface area contributed by atoms with Gasteiger partial charge in [-0.2, -0.15) is 0 Å². The van der Waals surface area contributed by atoms with Crippen LogP contribution in [-0.2, 0) is 0 Å². The SMILES string of the molecule is CCNC1CC(c2cccc([N+](=O)[O-])c2)C1(CC)CC. The van der Waals surface area contributed by atoms with E-state index in [4.69, 9.17) is 0 Å². The summed E-state index contributed by atoms with van der Waals surface area (Å²) < 4.78 is 0. The molecule has 20 heavy (non-hydrogen) atoms. The van der Waals surface area contributed by atoms with E-state index >= 15 is 0 Å². The first-order valence-corrected chi connectivity index (χ1v) is 7.56. The van der Waals surface area contributed by atoms with Gasteiger partial charge in [0.25, 0.3) is 5.69 Å². The number of nitrogens with one attached hydrogen (secondary N) is 1. The number of hydrogen-bond acceptors (Lipinski definition) is 3. The van der Waals surface area contributed by atoms with Crippen molar-refractivity contribution in [3.05, 3.63) is 39.9 Å². The third kappa shape index (κ3) is 2.33. The minimum absolute atomic E-state index is 0.204. The quantitative estimate of drug-likeness (QED) is 0.634. The van der Waals surface area contributed by atoms with E-state index in [1.165, 1.54) is 0 Å². The van der Waals surface area contributed by atoms with Crippen molar-refractivity contribution < 1.29 is 4.92 Å². The van der Waals surface area contributed by atoms with Gasteiger partial charge in [0.15, 0.2) is 0 Å². The molecule has 0 spiro atoms. The molecule has 4 nitrogen and oxygen atoms in total. The van der Waals surface area contributed by atoms with Crippen LogP contribution in [0.4, 0.5) is 5.69 Å². The first kappa shape index (κ1) is 15.0. The Balaban J connectivity index is 2.29. The van der Waals surface area contributed by atoms with Crippen LogP contribution in [-0.4, -0.2) is 17.5 Å². The first-order valence-electron chi connectivity index (χ1n) is 7.56. The minimum atomic E-state index is -0.302. The maximum absolute atomic E-state index is 10.9. The Morgan fingerprint density at radius 2 is 2.05 bits per heavy atom. The van der Waals surface area contributed by atoms with Crippen molar-refractivity contribution in [2.75, 3.05) is 6.54 Å². The highest BCUT2D eigenvalue weighted by molar-refractivity contribution is 5.39. The molecule has 1 aliphatic carbocycles. The molecule has 1 aliphatic rings. The predicted octanol–water partition coefficient (Wildman–Crippen LogP) is 3.87. The highest BCUT2D eigenvalue weighted by Gasteiger charge is 2.52. The molecule has 2 rings (SSSR count). The van der Waals surface area contributed by atoms with Crippen LogP contribution in [0.3, 0.4) is 0 Å². The maximum Gasteiger partial charge on any atom is 0.269 e. The molecule has 110 valence electrons.